The zero-order valence-electron chi connectivity index (χ0n) is 13.6. The Hall–Kier alpha value is -2.39. The molecule has 0 spiro atoms. The van der Waals surface area contributed by atoms with Gasteiger partial charge in [-0.3, -0.25) is 4.99 Å². The number of aromatic nitrogens is 1. The molecule has 0 bridgehead atoms. The second kappa shape index (κ2) is 8.30. The number of hydrogen-bond donors (Lipinski definition) is 2. The first kappa shape index (κ1) is 17.0. The molecule has 0 aliphatic heterocycles. The lowest BCUT2D eigenvalue weighted by Gasteiger charge is -2.11. The van der Waals surface area contributed by atoms with E-state index in [0.29, 0.717) is 24.6 Å². The van der Waals surface area contributed by atoms with Gasteiger partial charge in [-0.2, -0.15) is 5.26 Å². The molecule has 0 radical (unpaired) electrons. The first-order valence-corrected chi connectivity index (χ1v) is 8.38. The lowest BCUT2D eigenvalue weighted by molar-refractivity contribution is 0.785. The molecule has 0 fully saturated rings. The number of aliphatic imine (C=N–C) groups is 1. The van der Waals surface area contributed by atoms with Gasteiger partial charge in [-0.15, -0.1) is 11.3 Å². The standard InChI is InChI=1S/C17H21N5S/c1-12(2)15-11-23-16(22-15)10-21-17(19-3)20-9-14-6-4-13(8-18)5-7-14/h4-7,11-12H,9-10H2,1-3H3,(H2,19,20,21). The Balaban J connectivity index is 1.84. The van der Waals surface area contributed by atoms with Crippen LogP contribution in [-0.4, -0.2) is 18.0 Å². The van der Waals surface area contributed by atoms with E-state index in [2.05, 4.69) is 45.9 Å². The monoisotopic (exact) mass is 327 g/mol. The van der Waals surface area contributed by atoms with Crippen LogP contribution in [0, 0.1) is 11.3 Å². The molecule has 0 aliphatic carbocycles. The summed E-state index contributed by atoms with van der Waals surface area (Å²) in [5, 5.41) is 18.5. The minimum absolute atomic E-state index is 0.453. The molecule has 0 saturated heterocycles. The van der Waals surface area contributed by atoms with Crippen molar-refractivity contribution in [1.82, 2.24) is 15.6 Å². The normalized spacial score (nSPS) is 11.3. The lowest BCUT2D eigenvalue weighted by atomic mass is 10.1. The molecule has 120 valence electrons. The van der Waals surface area contributed by atoms with Crippen molar-refractivity contribution < 1.29 is 0 Å². The Morgan fingerprint density at radius 2 is 1.96 bits per heavy atom. The Kier molecular flexibility index (Phi) is 6.12. The molecule has 1 heterocycles. The van der Waals surface area contributed by atoms with Crippen LogP contribution in [0.2, 0.25) is 0 Å². The van der Waals surface area contributed by atoms with Gasteiger partial charge in [-0.25, -0.2) is 4.98 Å². The molecule has 0 unspecified atom stereocenters. The van der Waals surface area contributed by atoms with Crippen molar-refractivity contribution in [3.63, 3.8) is 0 Å². The molecule has 2 N–H and O–H groups in total. The van der Waals surface area contributed by atoms with Crippen molar-refractivity contribution in [3.05, 3.63) is 51.5 Å². The van der Waals surface area contributed by atoms with Gasteiger partial charge in [0.1, 0.15) is 5.01 Å². The van der Waals surface area contributed by atoms with E-state index >= 15 is 0 Å². The van der Waals surface area contributed by atoms with Crippen LogP contribution in [0.25, 0.3) is 0 Å². The number of hydrogen-bond acceptors (Lipinski definition) is 4. The van der Waals surface area contributed by atoms with Crippen molar-refractivity contribution in [2.45, 2.75) is 32.9 Å². The fraction of sp³-hybridized carbons (Fsp3) is 0.353. The van der Waals surface area contributed by atoms with Gasteiger partial charge in [0.05, 0.1) is 23.9 Å². The number of rotatable bonds is 5. The smallest absolute Gasteiger partial charge is 0.191 e. The number of nitrogens with zero attached hydrogens (tertiary/aromatic N) is 3. The third-order valence-electron chi connectivity index (χ3n) is 3.33. The minimum Gasteiger partial charge on any atom is -0.352 e. The molecule has 1 aromatic heterocycles. The van der Waals surface area contributed by atoms with Crippen molar-refractivity contribution in [3.8, 4) is 6.07 Å². The third-order valence-corrected chi connectivity index (χ3v) is 4.20. The Labute approximate surface area is 141 Å². The fourth-order valence-electron chi connectivity index (χ4n) is 1.93. The Morgan fingerprint density at radius 1 is 1.26 bits per heavy atom. The zero-order valence-corrected chi connectivity index (χ0v) is 14.4. The predicted molar refractivity (Wildman–Crippen MR) is 94.4 cm³/mol. The molecule has 1 aromatic carbocycles. The van der Waals surface area contributed by atoms with Crippen molar-refractivity contribution in [1.29, 1.82) is 5.26 Å². The maximum Gasteiger partial charge on any atom is 0.191 e. The summed E-state index contributed by atoms with van der Waals surface area (Å²) in [6.07, 6.45) is 0. The second-order valence-electron chi connectivity index (χ2n) is 5.41. The number of nitriles is 1. The van der Waals surface area contributed by atoms with E-state index in [0.717, 1.165) is 22.2 Å². The van der Waals surface area contributed by atoms with Crippen LogP contribution in [-0.2, 0) is 13.1 Å². The van der Waals surface area contributed by atoms with E-state index in [1.807, 2.05) is 24.3 Å². The van der Waals surface area contributed by atoms with Gasteiger partial charge in [-0.05, 0) is 23.6 Å². The van der Waals surface area contributed by atoms with E-state index in [-0.39, 0.29) is 0 Å². The predicted octanol–water partition coefficient (Wildman–Crippen LogP) is 3.00. The van der Waals surface area contributed by atoms with Crippen LogP contribution in [0.5, 0.6) is 0 Å². The van der Waals surface area contributed by atoms with Gasteiger partial charge in [0.2, 0.25) is 0 Å². The largest absolute Gasteiger partial charge is 0.352 e. The molecule has 0 atom stereocenters. The Morgan fingerprint density at radius 3 is 2.52 bits per heavy atom. The summed E-state index contributed by atoms with van der Waals surface area (Å²) in [5.74, 6) is 1.18. The molecule has 0 amide bonds. The summed E-state index contributed by atoms with van der Waals surface area (Å²) in [6, 6.07) is 9.63. The molecule has 0 saturated carbocycles. The minimum atomic E-state index is 0.453. The molecule has 2 rings (SSSR count). The third kappa shape index (κ3) is 5.08. The van der Waals surface area contributed by atoms with Gasteiger partial charge in [0.25, 0.3) is 0 Å². The van der Waals surface area contributed by atoms with Crippen LogP contribution < -0.4 is 10.6 Å². The van der Waals surface area contributed by atoms with Gasteiger partial charge in [0, 0.05) is 19.0 Å². The number of guanidine groups is 1. The SMILES string of the molecule is CN=C(NCc1ccc(C#N)cc1)NCc1nc(C(C)C)cs1. The molecular formula is C17H21N5S. The van der Waals surface area contributed by atoms with Crippen LogP contribution in [0.15, 0.2) is 34.6 Å². The van der Waals surface area contributed by atoms with E-state index in [1.165, 1.54) is 0 Å². The quantitative estimate of drug-likeness (QED) is 0.654. The first-order valence-electron chi connectivity index (χ1n) is 7.50. The van der Waals surface area contributed by atoms with Crippen LogP contribution in [0.1, 0.15) is 41.6 Å². The number of benzene rings is 1. The highest BCUT2D eigenvalue weighted by atomic mass is 32.1. The van der Waals surface area contributed by atoms with Gasteiger partial charge < -0.3 is 10.6 Å². The highest BCUT2D eigenvalue weighted by Crippen LogP contribution is 2.17. The average Bonchev–Trinajstić information content (AvgIpc) is 3.05. The van der Waals surface area contributed by atoms with Crippen LogP contribution in [0.4, 0.5) is 0 Å². The summed E-state index contributed by atoms with van der Waals surface area (Å²) in [5.41, 5.74) is 2.90. The first-order chi connectivity index (χ1) is 11.1. The van der Waals surface area contributed by atoms with Gasteiger partial charge in [-0.1, -0.05) is 26.0 Å². The van der Waals surface area contributed by atoms with Crippen molar-refractivity contribution >= 4 is 17.3 Å². The van der Waals surface area contributed by atoms with Gasteiger partial charge in [0.15, 0.2) is 5.96 Å². The van der Waals surface area contributed by atoms with E-state index < -0.39 is 0 Å². The number of thiazole rings is 1. The average molecular weight is 327 g/mol. The summed E-state index contributed by atoms with van der Waals surface area (Å²) in [6.45, 7) is 5.60. The van der Waals surface area contributed by atoms with E-state index in [4.69, 9.17) is 5.26 Å². The summed E-state index contributed by atoms with van der Waals surface area (Å²) >= 11 is 1.66. The molecule has 2 aromatic rings. The molecule has 23 heavy (non-hydrogen) atoms. The molecule has 6 heteroatoms. The van der Waals surface area contributed by atoms with Gasteiger partial charge >= 0.3 is 0 Å². The zero-order chi connectivity index (χ0) is 16.7. The molecular weight excluding hydrogens is 306 g/mol. The van der Waals surface area contributed by atoms with Crippen molar-refractivity contribution in [2.75, 3.05) is 7.05 Å². The van der Waals surface area contributed by atoms with Crippen LogP contribution in [0.3, 0.4) is 0 Å². The highest BCUT2D eigenvalue weighted by molar-refractivity contribution is 7.09. The van der Waals surface area contributed by atoms with Crippen molar-refractivity contribution in [2.24, 2.45) is 4.99 Å². The topological polar surface area (TPSA) is 73.1 Å². The molecule has 5 nitrogen and oxygen atoms in total. The summed E-state index contributed by atoms with van der Waals surface area (Å²) in [7, 11) is 1.75. The fourth-order valence-corrected chi connectivity index (χ4v) is 2.83. The Bertz CT molecular complexity index is 695. The summed E-state index contributed by atoms with van der Waals surface area (Å²) in [4.78, 5) is 8.81. The summed E-state index contributed by atoms with van der Waals surface area (Å²) < 4.78 is 0. The molecule has 0 aliphatic rings. The van der Waals surface area contributed by atoms with E-state index in [1.54, 1.807) is 18.4 Å². The number of nitrogens with one attached hydrogen (secondary N) is 2. The maximum absolute atomic E-state index is 8.80. The highest BCUT2D eigenvalue weighted by Gasteiger charge is 2.06. The second-order valence-corrected chi connectivity index (χ2v) is 6.35. The van der Waals surface area contributed by atoms with E-state index in [9.17, 15) is 0 Å². The van der Waals surface area contributed by atoms with Crippen LogP contribution >= 0.6 is 11.3 Å². The maximum atomic E-state index is 8.80. The lowest BCUT2D eigenvalue weighted by Crippen LogP contribution is -2.36.